The quantitative estimate of drug-likeness (QED) is 0.231. The highest BCUT2D eigenvalue weighted by molar-refractivity contribution is 6.00. The number of nitrogens with one attached hydrogen (secondary N) is 2. The Morgan fingerprint density at radius 3 is 2.29 bits per heavy atom. The zero-order valence-electron chi connectivity index (χ0n) is 28.0. The molecule has 12 nitrogen and oxygen atoms in total. The van der Waals surface area contributed by atoms with E-state index in [4.69, 9.17) is 4.74 Å². The maximum absolute atomic E-state index is 13.6. The molecule has 0 spiro atoms. The van der Waals surface area contributed by atoms with Gasteiger partial charge in [0.1, 0.15) is 5.75 Å². The van der Waals surface area contributed by atoms with Crippen LogP contribution in [0, 0.1) is 6.92 Å². The maximum Gasteiger partial charge on any atom is 0.323 e. The van der Waals surface area contributed by atoms with E-state index in [0.29, 0.717) is 74.8 Å². The maximum atomic E-state index is 13.6. The summed E-state index contributed by atoms with van der Waals surface area (Å²) in [6.07, 6.45) is 1.26. The third kappa shape index (κ3) is 10.4. The lowest BCUT2D eigenvalue weighted by Crippen LogP contribution is -2.46. The highest BCUT2D eigenvalue weighted by Crippen LogP contribution is 2.25. The summed E-state index contributed by atoms with van der Waals surface area (Å²) in [5.74, 6) is -0.561. The Balaban J connectivity index is 1.31. The zero-order chi connectivity index (χ0) is 34.5. The minimum absolute atomic E-state index is 0.0905. The Hall–Kier alpha value is -5.26. The molecule has 0 unspecified atom stereocenters. The van der Waals surface area contributed by atoms with Gasteiger partial charge in [0.15, 0.2) is 0 Å². The molecule has 256 valence electrons. The number of rotatable bonds is 13. The second-order valence-corrected chi connectivity index (χ2v) is 11.8. The van der Waals surface area contributed by atoms with Crippen molar-refractivity contribution in [1.82, 2.24) is 14.7 Å². The summed E-state index contributed by atoms with van der Waals surface area (Å²) in [5.41, 5.74) is 3.94. The summed E-state index contributed by atoms with van der Waals surface area (Å²) in [5, 5.41) is 14.9. The Morgan fingerprint density at radius 2 is 1.56 bits per heavy atom. The minimum Gasteiger partial charge on any atom is -0.496 e. The van der Waals surface area contributed by atoms with Gasteiger partial charge in [-0.25, -0.2) is 9.59 Å². The summed E-state index contributed by atoms with van der Waals surface area (Å²) in [6, 6.07) is 22.0. The van der Waals surface area contributed by atoms with Gasteiger partial charge < -0.3 is 40.1 Å². The summed E-state index contributed by atoms with van der Waals surface area (Å²) in [7, 11) is 3.51. The number of hydrogen-bond donors (Lipinski definition) is 3. The van der Waals surface area contributed by atoms with Crippen molar-refractivity contribution in [3.05, 3.63) is 83.9 Å². The molecule has 1 fully saturated rings. The Bertz CT molecular complexity index is 1550. The molecule has 1 saturated heterocycles. The highest BCUT2D eigenvalue weighted by Gasteiger charge is 2.26. The largest absolute Gasteiger partial charge is 0.496 e. The van der Waals surface area contributed by atoms with E-state index in [1.54, 1.807) is 32.9 Å². The van der Waals surface area contributed by atoms with Crippen molar-refractivity contribution in [2.45, 2.75) is 32.6 Å². The van der Waals surface area contributed by atoms with Crippen molar-refractivity contribution >= 4 is 41.0 Å². The first-order valence-corrected chi connectivity index (χ1v) is 16.2. The molecule has 3 aromatic carbocycles. The number of carbonyl (C=O) groups is 4. The normalized spacial score (nSPS) is 12.9. The molecule has 0 atom stereocenters. The number of carboxylic acids is 1. The minimum atomic E-state index is -0.952. The summed E-state index contributed by atoms with van der Waals surface area (Å²) < 4.78 is 5.56. The van der Waals surface area contributed by atoms with E-state index in [2.05, 4.69) is 15.5 Å². The second-order valence-electron chi connectivity index (χ2n) is 11.8. The van der Waals surface area contributed by atoms with Crippen molar-refractivity contribution in [1.29, 1.82) is 0 Å². The smallest absolute Gasteiger partial charge is 0.323 e. The fourth-order valence-corrected chi connectivity index (χ4v) is 5.64. The molecular weight excluding hydrogens is 612 g/mol. The number of ether oxygens (including phenoxy) is 1. The number of anilines is 3. The molecule has 3 aromatic rings. The van der Waals surface area contributed by atoms with Gasteiger partial charge in [-0.2, -0.15) is 0 Å². The van der Waals surface area contributed by atoms with Crippen LogP contribution in [0.25, 0.3) is 0 Å². The summed E-state index contributed by atoms with van der Waals surface area (Å²) in [6.45, 7) is 4.88. The van der Waals surface area contributed by atoms with E-state index in [9.17, 15) is 24.3 Å². The number of urea groups is 2. The molecule has 48 heavy (non-hydrogen) atoms. The number of carboxylic acid groups (broad SMARTS) is 1. The van der Waals surface area contributed by atoms with Gasteiger partial charge in [0.05, 0.1) is 20.0 Å². The number of carbonyl (C=O) groups excluding carboxylic acids is 3. The van der Waals surface area contributed by atoms with Crippen LogP contribution in [0.2, 0.25) is 0 Å². The lowest BCUT2D eigenvalue weighted by atomic mass is 10.1. The lowest BCUT2D eigenvalue weighted by molar-refractivity contribution is -0.137. The van der Waals surface area contributed by atoms with E-state index in [0.717, 1.165) is 11.3 Å². The monoisotopic (exact) mass is 658 g/mol. The molecule has 1 aliphatic heterocycles. The van der Waals surface area contributed by atoms with E-state index < -0.39 is 5.97 Å². The predicted octanol–water partition coefficient (Wildman–Crippen LogP) is 5.15. The number of methoxy groups -OCH3 is 1. The molecule has 0 aromatic heterocycles. The van der Waals surface area contributed by atoms with Crippen LogP contribution in [-0.2, 0) is 16.0 Å². The van der Waals surface area contributed by atoms with Crippen molar-refractivity contribution in [3.63, 3.8) is 0 Å². The van der Waals surface area contributed by atoms with Gasteiger partial charge in [-0.05, 0) is 49.6 Å². The first-order chi connectivity index (χ1) is 23.1. The molecule has 3 N–H and O–H groups in total. The topological polar surface area (TPSA) is 135 Å². The lowest BCUT2D eigenvalue weighted by Gasteiger charge is -2.30. The third-order valence-electron chi connectivity index (χ3n) is 8.38. The molecule has 0 saturated carbocycles. The molecule has 1 heterocycles. The van der Waals surface area contributed by atoms with Gasteiger partial charge in [0.2, 0.25) is 5.91 Å². The number of aliphatic carboxylic acids is 1. The highest BCUT2D eigenvalue weighted by atomic mass is 16.5. The number of aryl methyl sites for hydroxylation is 1. The summed E-state index contributed by atoms with van der Waals surface area (Å²) in [4.78, 5) is 58.1. The van der Waals surface area contributed by atoms with Gasteiger partial charge in [0.25, 0.3) is 0 Å². The molecule has 0 bridgehead atoms. The Kier molecular flexibility index (Phi) is 13.1. The van der Waals surface area contributed by atoms with Gasteiger partial charge in [-0.3, -0.25) is 9.59 Å². The average Bonchev–Trinajstić information content (AvgIpc) is 3.34. The van der Waals surface area contributed by atoms with Crippen LogP contribution in [0.1, 0.15) is 30.4 Å². The number of nitrogens with zero attached hydrogens (tertiary/aromatic N) is 4. The van der Waals surface area contributed by atoms with Crippen LogP contribution in [0.3, 0.4) is 0 Å². The Labute approximate surface area is 282 Å². The molecular formula is C36H46N6O6. The van der Waals surface area contributed by atoms with E-state index in [1.165, 1.54) is 7.11 Å². The van der Waals surface area contributed by atoms with Crippen molar-refractivity contribution in [2.24, 2.45) is 0 Å². The number of para-hydroxylation sites is 2. The average molecular weight is 659 g/mol. The van der Waals surface area contributed by atoms with Crippen LogP contribution < -0.4 is 20.3 Å². The molecule has 0 radical (unpaired) electrons. The Morgan fingerprint density at radius 1 is 0.854 bits per heavy atom. The number of benzene rings is 3. The SMILES string of the molecule is COc1cc(NC(=O)Nc2ccccc2C)ccc1CC(=O)N1CCCN(C(=O)N(CCCN(C)c2ccccc2)CCC(=O)O)CC1. The van der Waals surface area contributed by atoms with Crippen LogP contribution in [0.4, 0.5) is 26.7 Å². The number of hydrogen-bond acceptors (Lipinski definition) is 6. The fourth-order valence-electron chi connectivity index (χ4n) is 5.64. The van der Waals surface area contributed by atoms with Crippen molar-refractivity contribution in [2.75, 3.05) is 75.5 Å². The van der Waals surface area contributed by atoms with Crippen LogP contribution in [0.5, 0.6) is 5.75 Å². The van der Waals surface area contributed by atoms with Crippen LogP contribution in [0.15, 0.2) is 72.8 Å². The summed E-state index contributed by atoms with van der Waals surface area (Å²) >= 11 is 0. The standard InChI is InChI=1S/C36H46N6O6/c1-27-11-7-8-14-31(27)38-35(46)37-29-16-15-28(32(26-29)48-3)25-33(43)40-19-10-21-42(24-23-40)36(47)41(22-17-34(44)45)20-9-18-39(2)30-12-5-4-6-13-30/h4-8,11-16,26H,9-10,17-25H2,1-3H3,(H,44,45)(H2,37,38,46). The van der Waals surface area contributed by atoms with Crippen LogP contribution in [-0.4, -0.2) is 104 Å². The van der Waals surface area contributed by atoms with Gasteiger partial charge in [-0.1, -0.05) is 42.5 Å². The van der Waals surface area contributed by atoms with Crippen LogP contribution >= 0.6 is 0 Å². The molecule has 5 amide bonds. The first kappa shape index (κ1) is 35.6. The molecule has 0 aliphatic carbocycles. The van der Waals surface area contributed by atoms with Gasteiger partial charge in [0, 0.05) is 81.6 Å². The number of amides is 5. The second kappa shape index (κ2) is 17.6. The first-order valence-electron chi connectivity index (χ1n) is 16.2. The van der Waals surface area contributed by atoms with E-state index in [1.807, 2.05) is 68.6 Å². The van der Waals surface area contributed by atoms with Crippen molar-refractivity contribution < 1.29 is 29.0 Å². The van der Waals surface area contributed by atoms with Crippen molar-refractivity contribution in [3.8, 4) is 5.75 Å². The van der Waals surface area contributed by atoms with Gasteiger partial charge in [-0.15, -0.1) is 0 Å². The van der Waals surface area contributed by atoms with E-state index in [-0.39, 0.29) is 37.4 Å². The zero-order valence-corrected chi connectivity index (χ0v) is 28.0. The van der Waals surface area contributed by atoms with E-state index >= 15 is 0 Å². The van der Waals surface area contributed by atoms with Gasteiger partial charge >= 0.3 is 18.0 Å². The fraction of sp³-hybridized carbons (Fsp3) is 0.389. The molecule has 1 aliphatic rings. The third-order valence-corrected chi connectivity index (χ3v) is 8.38. The molecule has 12 heteroatoms. The molecule has 4 rings (SSSR count). The predicted molar refractivity (Wildman–Crippen MR) is 187 cm³/mol.